The molecule has 0 saturated carbocycles. The molecule has 1 saturated heterocycles. The number of rotatable bonds is 3. The molecule has 0 N–H and O–H groups in total. The summed E-state index contributed by atoms with van der Waals surface area (Å²) in [6, 6.07) is 8.96. The highest BCUT2D eigenvalue weighted by Crippen LogP contribution is 2.33. The van der Waals surface area contributed by atoms with E-state index in [2.05, 4.69) is 5.10 Å². The monoisotopic (exact) mass is 351 g/mol. The molecule has 0 spiro atoms. The molecule has 0 bridgehead atoms. The zero-order valence-corrected chi connectivity index (χ0v) is 14.2. The van der Waals surface area contributed by atoms with Gasteiger partial charge in [0.15, 0.2) is 5.69 Å². The van der Waals surface area contributed by atoms with Gasteiger partial charge in [0.2, 0.25) is 5.91 Å². The average Bonchev–Trinajstić information content (AvgIpc) is 3.15. The number of carbonyl (C=O) groups excluding carboxylic acids is 1. The lowest BCUT2D eigenvalue weighted by Crippen LogP contribution is -2.34. The molecule has 25 heavy (non-hydrogen) atoms. The molecule has 0 radical (unpaired) electrons. The molecule has 1 aliphatic heterocycles. The van der Waals surface area contributed by atoms with Gasteiger partial charge in [0.1, 0.15) is 6.54 Å². The maximum atomic E-state index is 12.8. The van der Waals surface area contributed by atoms with Gasteiger partial charge >= 0.3 is 6.18 Å². The van der Waals surface area contributed by atoms with Crippen molar-refractivity contribution in [1.82, 2.24) is 14.7 Å². The van der Waals surface area contributed by atoms with Crippen molar-refractivity contribution >= 4 is 5.91 Å². The van der Waals surface area contributed by atoms with Crippen LogP contribution in [0.5, 0.6) is 0 Å². The predicted octanol–water partition coefficient (Wildman–Crippen LogP) is 3.88. The van der Waals surface area contributed by atoms with Crippen LogP contribution in [-0.2, 0) is 17.5 Å². The van der Waals surface area contributed by atoms with E-state index in [-0.39, 0.29) is 18.5 Å². The van der Waals surface area contributed by atoms with Crippen molar-refractivity contribution in [3.63, 3.8) is 0 Å². The molecule has 1 aromatic carbocycles. The lowest BCUT2D eigenvalue weighted by molar-refractivity contribution is -0.142. The van der Waals surface area contributed by atoms with Gasteiger partial charge in [0.25, 0.3) is 0 Å². The van der Waals surface area contributed by atoms with Gasteiger partial charge in [-0.1, -0.05) is 29.8 Å². The van der Waals surface area contributed by atoms with Gasteiger partial charge < -0.3 is 4.90 Å². The summed E-state index contributed by atoms with van der Waals surface area (Å²) in [6.07, 6.45) is -2.76. The highest BCUT2D eigenvalue weighted by Gasteiger charge is 2.35. The topological polar surface area (TPSA) is 38.1 Å². The summed E-state index contributed by atoms with van der Waals surface area (Å²) in [5.74, 6) is -0.206. The molecule has 1 aliphatic rings. The molecule has 2 aromatic rings. The second-order valence-electron chi connectivity index (χ2n) is 6.48. The molecule has 1 fully saturated rings. The number of halogens is 3. The van der Waals surface area contributed by atoms with Crippen LogP contribution in [0.2, 0.25) is 0 Å². The standard InChI is InChI=1S/C18H20F3N3O/c1-12-5-7-14(8-6-12)15-4-3-9-23(15)17(25)11-24-13(2)10-16(22-24)18(19,20)21/h5-8,10,15H,3-4,9,11H2,1-2H3. The minimum atomic E-state index is -4.50. The average molecular weight is 351 g/mol. The summed E-state index contributed by atoms with van der Waals surface area (Å²) in [5.41, 5.74) is 1.57. The van der Waals surface area contributed by atoms with E-state index in [9.17, 15) is 18.0 Å². The summed E-state index contributed by atoms with van der Waals surface area (Å²) in [5, 5.41) is 3.55. The first-order valence-electron chi connectivity index (χ1n) is 8.23. The van der Waals surface area contributed by atoms with E-state index in [0.29, 0.717) is 12.2 Å². The number of hydrogen-bond acceptors (Lipinski definition) is 2. The molecule has 1 aromatic heterocycles. The third kappa shape index (κ3) is 3.70. The third-order valence-electron chi connectivity index (χ3n) is 4.59. The highest BCUT2D eigenvalue weighted by atomic mass is 19.4. The normalized spacial score (nSPS) is 18.0. The van der Waals surface area contributed by atoms with Crippen molar-refractivity contribution in [2.45, 2.75) is 45.5 Å². The van der Waals surface area contributed by atoms with Gasteiger partial charge in [-0.05, 0) is 38.3 Å². The van der Waals surface area contributed by atoms with Gasteiger partial charge in [-0.25, -0.2) is 0 Å². The van der Waals surface area contributed by atoms with Gasteiger partial charge in [0, 0.05) is 12.2 Å². The summed E-state index contributed by atoms with van der Waals surface area (Å²) in [4.78, 5) is 14.4. The fourth-order valence-electron chi connectivity index (χ4n) is 3.23. The molecule has 4 nitrogen and oxygen atoms in total. The zero-order chi connectivity index (χ0) is 18.2. The Hall–Kier alpha value is -2.31. The van der Waals surface area contributed by atoms with Crippen molar-refractivity contribution in [2.24, 2.45) is 0 Å². The fraction of sp³-hybridized carbons (Fsp3) is 0.444. The molecule has 1 atom stereocenters. The maximum Gasteiger partial charge on any atom is 0.435 e. The van der Waals surface area contributed by atoms with E-state index in [1.54, 1.807) is 4.90 Å². The van der Waals surface area contributed by atoms with Crippen molar-refractivity contribution < 1.29 is 18.0 Å². The Morgan fingerprint density at radius 1 is 1.24 bits per heavy atom. The molecule has 2 heterocycles. The lowest BCUT2D eigenvalue weighted by atomic mass is 10.0. The number of benzene rings is 1. The number of hydrogen-bond donors (Lipinski definition) is 0. The molecule has 3 rings (SSSR count). The first kappa shape index (κ1) is 17.5. The molecule has 0 aliphatic carbocycles. The Morgan fingerprint density at radius 2 is 1.92 bits per heavy atom. The second-order valence-corrected chi connectivity index (χ2v) is 6.48. The SMILES string of the molecule is Cc1ccc(C2CCCN2C(=O)Cn2nc(C(F)(F)F)cc2C)cc1. The fourth-order valence-corrected chi connectivity index (χ4v) is 3.23. The Kier molecular flexibility index (Phi) is 4.58. The summed E-state index contributed by atoms with van der Waals surface area (Å²) >= 11 is 0. The summed E-state index contributed by atoms with van der Waals surface area (Å²) < 4.78 is 39.4. The van der Waals surface area contributed by atoms with E-state index in [1.165, 1.54) is 6.92 Å². The van der Waals surface area contributed by atoms with E-state index >= 15 is 0 Å². The van der Waals surface area contributed by atoms with E-state index in [1.807, 2.05) is 31.2 Å². The first-order valence-corrected chi connectivity index (χ1v) is 8.23. The number of amides is 1. The minimum absolute atomic E-state index is 0.0222. The Bertz CT molecular complexity index is 765. The van der Waals surface area contributed by atoms with Crippen LogP contribution in [0.15, 0.2) is 30.3 Å². The Balaban J connectivity index is 1.76. The predicted molar refractivity (Wildman–Crippen MR) is 86.8 cm³/mol. The highest BCUT2D eigenvalue weighted by molar-refractivity contribution is 5.77. The molecule has 7 heteroatoms. The van der Waals surface area contributed by atoms with Crippen molar-refractivity contribution in [2.75, 3.05) is 6.54 Å². The number of aryl methyl sites for hydroxylation is 2. The first-order chi connectivity index (χ1) is 11.8. The number of likely N-dealkylation sites (tertiary alicyclic amines) is 1. The number of nitrogens with zero attached hydrogens (tertiary/aromatic N) is 3. The number of aromatic nitrogens is 2. The van der Waals surface area contributed by atoms with Crippen LogP contribution in [0.1, 0.15) is 41.4 Å². The van der Waals surface area contributed by atoms with E-state index in [0.717, 1.165) is 34.7 Å². The molecule has 1 amide bonds. The smallest absolute Gasteiger partial charge is 0.334 e. The van der Waals surface area contributed by atoms with Gasteiger partial charge in [-0.3, -0.25) is 9.48 Å². The van der Waals surface area contributed by atoms with Crippen LogP contribution in [0, 0.1) is 13.8 Å². The van der Waals surface area contributed by atoms with Gasteiger partial charge in [-0.15, -0.1) is 0 Å². The van der Waals surface area contributed by atoms with Crippen molar-refractivity contribution in [1.29, 1.82) is 0 Å². The maximum absolute atomic E-state index is 12.8. The van der Waals surface area contributed by atoms with E-state index in [4.69, 9.17) is 0 Å². The van der Waals surface area contributed by atoms with Gasteiger partial charge in [-0.2, -0.15) is 18.3 Å². The van der Waals surface area contributed by atoms with Crippen LogP contribution in [0.4, 0.5) is 13.2 Å². The van der Waals surface area contributed by atoms with Crippen LogP contribution in [0.25, 0.3) is 0 Å². The molecular formula is C18H20F3N3O. The molecule has 134 valence electrons. The quantitative estimate of drug-likeness (QED) is 0.842. The van der Waals surface area contributed by atoms with Crippen LogP contribution < -0.4 is 0 Å². The molecule has 1 unspecified atom stereocenters. The summed E-state index contributed by atoms with van der Waals surface area (Å²) in [6.45, 7) is 3.96. The van der Waals surface area contributed by atoms with Crippen molar-refractivity contribution in [3.05, 3.63) is 52.8 Å². The van der Waals surface area contributed by atoms with E-state index < -0.39 is 11.9 Å². The van der Waals surface area contributed by atoms with Crippen LogP contribution in [0.3, 0.4) is 0 Å². The Labute approximate surface area is 144 Å². The third-order valence-corrected chi connectivity index (χ3v) is 4.59. The van der Waals surface area contributed by atoms with Crippen LogP contribution >= 0.6 is 0 Å². The Morgan fingerprint density at radius 3 is 2.52 bits per heavy atom. The van der Waals surface area contributed by atoms with Crippen LogP contribution in [-0.4, -0.2) is 27.1 Å². The van der Waals surface area contributed by atoms with Crippen molar-refractivity contribution in [3.8, 4) is 0 Å². The lowest BCUT2D eigenvalue weighted by Gasteiger charge is -2.25. The zero-order valence-electron chi connectivity index (χ0n) is 14.2. The molecular weight excluding hydrogens is 331 g/mol. The summed E-state index contributed by atoms with van der Waals surface area (Å²) in [7, 11) is 0. The number of alkyl halides is 3. The number of carbonyl (C=O) groups is 1. The van der Waals surface area contributed by atoms with Gasteiger partial charge in [0.05, 0.1) is 6.04 Å². The minimum Gasteiger partial charge on any atom is -0.334 e. The largest absolute Gasteiger partial charge is 0.435 e. The second kappa shape index (κ2) is 6.54.